The van der Waals surface area contributed by atoms with Crippen molar-refractivity contribution in [2.24, 2.45) is 5.16 Å². The summed E-state index contributed by atoms with van der Waals surface area (Å²) in [4.78, 5) is 24.7. The van der Waals surface area contributed by atoms with E-state index in [9.17, 15) is 4.79 Å². The van der Waals surface area contributed by atoms with Crippen LogP contribution in [-0.4, -0.2) is 40.2 Å². The number of furan rings is 1. The maximum Gasteiger partial charge on any atom is 0.273 e. The van der Waals surface area contributed by atoms with E-state index in [4.69, 9.17) is 9.25 Å². The topological polar surface area (TPSA) is 80.0 Å². The molecule has 1 atom stereocenters. The number of likely N-dealkylation sites (tertiary alicyclic amines) is 1. The van der Waals surface area contributed by atoms with Gasteiger partial charge >= 0.3 is 0 Å². The molecular formula is C19H22N4O3. The van der Waals surface area contributed by atoms with Crippen molar-refractivity contribution in [1.82, 2.24) is 9.88 Å². The lowest BCUT2D eigenvalue weighted by Crippen LogP contribution is -2.35. The van der Waals surface area contributed by atoms with Gasteiger partial charge in [0, 0.05) is 32.1 Å². The summed E-state index contributed by atoms with van der Waals surface area (Å²) in [7, 11) is 0. The molecule has 1 spiro atoms. The highest BCUT2D eigenvalue weighted by molar-refractivity contribution is 6.43. The van der Waals surface area contributed by atoms with E-state index in [0.29, 0.717) is 17.8 Å². The maximum atomic E-state index is 12.5. The van der Waals surface area contributed by atoms with Gasteiger partial charge in [-0.25, -0.2) is 0 Å². The average molecular weight is 354 g/mol. The van der Waals surface area contributed by atoms with Gasteiger partial charge in [0.2, 0.25) is 0 Å². The molecule has 1 saturated heterocycles. The highest BCUT2D eigenvalue weighted by Gasteiger charge is 2.46. The molecule has 1 unspecified atom stereocenters. The summed E-state index contributed by atoms with van der Waals surface area (Å²) in [6.07, 6.45) is 3.06. The van der Waals surface area contributed by atoms with E-state index in [1.807, 2.05) is 32.0 Å². The molecule has 0 radical (unpaired) electrons. The number of aromatic nitrogens is 1. The molecular weight excluding hydrogens is 332 g/mol. The molecule has 2 aromatic heterocycles. The number of hydrogen-bond acceptors (Lipinski definition) is 6. The standard InChI is InChI=1S/C19H22N4O3/c1-13-5-6-15(25-13)11-23-9-7-19(12-23)10-17(22-26-19)18(24)21-16-4-3-8-20-14(16)2/h3-6,8H,7,9-12H2,1-2H3,(H,21,24). The van der Waals surface area contributed by atoms with Crippen LogP contribution in [0.3, 0.4) is 0 Å². The highest BCUT2D eigenvalue weighted by atomic mass is 16.7. The average Bonchev–Trinajstić information content (AvgIpc) is 3.32. The second-order valence-corrected chi connectivity index (χ2v) is 7.05. The van der Waals surface area contributed by atoms with E-state index in [1.54, 1.807) is 12.3 Å². The van der Waals surface area contributed by atoms with Crippen LogP contribution in [-0.2, 0) is 16.2 Å². The van der Waals surface area contributed by atoms with Crippen molar-refractivity contribution >= 4 is 17.3 Å². The molecule has 0 bridgehead atoms. The minimum absolute atomic E-state index is 0.224. The van der Waals surface area contributed by atoms with Gasteiger partial charge in [0.15, 0.2) is 5.60 Å². The molecule has 0 aliphatic carbocycles. The van der Waals surface area contributed by atoms with Gasteiger partial charge in [0.05, 0.1) is 17.9 Å². The smallest absolute Gasteiger partial charge is 0.273 e. The minimum Gasteiger partial charge on any atom is -0.465 e. The first-order chi connectivity index (χ1) is 12.5. The third-order valence-corrected chi connectivity index (χ3v) is 4.93. The molecule has 0 aromatic carbocycles. The number of aryl methyl sites for hydroxylation is 2. The first-order valence-corrected chi connectivity index (χ1v) is 8.79. The van der Waals surface area contributed by atoms with Gasteiger partial charge in [-0.2, -0.15) is 0 Å². The molecule has 0 saturated carbocycles. The molecule has 4 heterocycles. The molecule has 2 aromatic rings. The molecule has 136 valence electrons. The van der Waals surface area contributed by atoms with Crippen LogP contribution in [0.4, 0.5) is 5.69 Å². The van der Waals surface area contributed by atoms with Gasteiger partial charge in [-0.1, -0.05) is 5.16 Å². The second kappa shape index (κ2) is 6.57. The van der Waals surface area contributed by atoms with Crippen molar-refractivity contribution < 1.29 is 14.0 Å². The van der Waals surface area contributed by atoms with Crippen molar-refractivity contribution in [3.05, 3.63) is 47.7 Å². The predicted octanol–water partition coefficient (Wildman–Crippen LogP) is 2.65. The molecule has 1 amide bonds. The molecule has 26 heavy (non-hydrogen) atoms. The van der Waals surface area contributed by atoms with Crippen LogP contribution in [0.5, 0.6) is 0 Å². The molecule has 2 aliphatic heterocycles. The number of pyridine rings is 1. The van der Waals surface area contributed by atoms with Gasteiger partial charge in [-0.15, -0.1) is 0 Å². The van der Waals surface area contributed by atoms with Gasteiger partial charge in [0.25, 0.3) is 5.91 Å². The van der Waals surface area contributed by atoms with Crippen molar-refractivity contribution in [2.75, 3.05) is 18.4 Å². The fourth-order valence-corrected chi connectivity index (χ4v) is 3.53. The van der Waals surface area contributed by atoms with E-state index in [-0.39, 0.29) is 5.91 Å². The Balaban J connectivity index is 1.35. The number of carbonyl (C=O) groups excluding carboxylic acids is 1. The lowest BCUT2D eigenvalue weighted by Gasteiger charge is -2.21. The van der Waals surface area contributed by atoms with Crippen molar-refractivity contribution in [2.45, 2.75) is 38.8 Å². The van der Waals surface area contributed by atoms with Crippen LogP contribution in [0.2, 0.25) is 0 Å². The van der Waals surface area contributed by atoms with Gasteiger partial charge < -0.3 is 14.6 Å². The molecule has 4 rings (SSSR count). The Morgan fingerprint density at radius 3 is 3.00 bits per heavy atom. The lowest BCUT2D eigenvalue weighted by molar-refractivity contribution is -0.110. The molecule has 7 nitrogen and oxygen atoms in total. The second-order valence-electron chi connectivity index (χ2n) is 7.05. The van der Waals surface area contributed by atoms with Gasteiger partial charge in [-0.05, 0) is 38.1 Å². The third-order valence-electron chi connectivity index (χ3n) is 4.93. The number of nitrogens with zero attached hydrogens (tertiary/aromatic N) is 3. The zero-order valence-corrected chi connectivity index (χ0v) is 15.0. The van der Waals surface area contributed by atoms with Crippen LogP contribution < -0.4 is 5.32 Å². The summed E-state index contributed by atoms with van der Waals surface area (Å²) in [6, 6.07) is 7.60. The molecule has 2 aliphatic rings. The Kier molecular flexibility index (Phi) is 4.24. The Labute approximate surface area is 152 Å². The van der Waals surface area contributed by atoms with E-state index in [0.717, 1.165) is 43.3 Å². The third kappa shape index (κ3) is 3.35. The number of amides is 1. The van der Waals surface area contributed by atoms with Crippen molar-refractivity contribution in [1.29, 1.82) is 0 Å². The van der Waals surface area contributed by atoms with Crippen molar-refractivity contribution in [3.63, 3.8) is 0 Å². The maximum absolute atomic E-state index is 12.5. The number of rotatable bonds is 4. The summed E-state index contributed by atoms with van der Waals surface area (Å²) in [5, 5.41) is 6.95. The number of oxime groups is 1. The summed E-state index contributed by atoms with van der Waals surface area (Å²) in [6.45, 7) is 6.17. The number of nitrogens with one attached hydrogen (secondary N) is 1. The van der Waals surface area contributed by atoms with E-state index in [1.165, 1.54) is 0 Å². The Bertz CT molecular complexity index is 860. The summed E-state index contributed by atoms with van der Waals surface area (Å²) < 4.78 is 5.65. The Morgan fingerprint density at radius 1 is 1.35 bits per heavy atom. The van der Waals surface area contributed by atoms with Crippen LogP contribution >= 0.6 is 0 Å². The first-order valence-electron chi connectivity index (χ1n) is 8.79. The number of carbonyl (C=O) groups is 1. The number of hydrogen-bond donors (Lipinski definition) is 1. The quantitative estimate of drug-likeness (QED) is 0.913. The van der Waals surface area contributed by atoms with E-state index < -0.39 is 5.60 Å². The lowest BCUT2D eigenvalue weighted by atomic mass is 9.96. The normalized spacial score (nSPS) is 22.5. The van der Waals surface area contributed by atoms with Crippen molar-refractivity contribution in [3.8, 4) is 0 Å². The molecule has 1 fully saturated rings. The Hall–Kier alpha value is -2.67. The largest absolute Gasteiger partial charge is 0.465 e. The van der Waals surface area contributed by atoms with Gasteiger partial charge in [-0.3, -0.25) is 14.7 Å². The minimum atomic E-state index is -0.404. The predicted molar refractivity (Wildman–Crippen MR) is 96.8 cm³/mol. The van der Waals surface area contributed by atoms with Crippen LogP contribution in [0.25, 0.3) is 0 Å². The first kappa shape index (κ1) is 16.8. The molecule has 7 heteroatoms. The number of anilines is 1. The SMILES string of the molecule is Cc1ccc(CN2CCC3(CC(C(=O)Nc4cccnc4C)=NO3)C2)o1. The van der Waals surface area contributed by atoms with E-state index >= 15 is 0 Å². The van der Waals surface area contributed by atoms with E-state index in [2.05, 4.69) is 20.4 Å². The fourth-order valence-electron chi connectivity index (χ4n) is 3.53. The van der Waals surface area contributed by atoms with Crippen LogP contribution in [0, 0.1) is 13.8 Å². The molecule has 1 N–H and O–H groups in total. The van der Waals surface area contributed by atoms with Crippen LogP contribution in [0.15, 0.2) is 40.0 Å². The van der Waals surface area contributed by atoms with Crippen LogP contribution in [0.1, 0.15) is 30.1 Å². The summed E-state index contributed by atoms with van der Waals surface area (Å²) in [5.74, 6) is 1.64. The highest BCUT2D eigenvalue weighted by Crippen LogP contribution is 2.34. The summed E-state index contributed by atoms with van der Waals surface area (Å²) in [5.41, 5.74) is 1.50. The fraction of sp³-hybridized carbons (Fsp3) is 0.421. The zero-order chi connectivity index (χ0) is 18.1. The monoisotopic (exact) mass is 354 g/mol. The zero-order valence-electron chi connectivity index (χ0n) is 15.0. The van der Waals surface area contributed by atoms with Gasteiger partial charge in [0.1, 0.15) is 17.2 Å². The summed E-state index contributed by atoms with van der Waals surface area (Å²) >= 11 is 0. The Morgan fingerprint density at radius 2 is 2.23 bits per heavy atom.